The number of hydrogen-bond acceptors (Lipinski definition) is 2. The van der Waals surface area contributed by atoms with Crippen LogP contribution in [0.1, 0.15) is 5.56 Å². The maximum absolute atomic E-state index is 13.4. The van der Waals surface area contributed by atoms with E-state index in [0.717, 1.165) is 10.6 Å². The van der Waals surface area contributed by atoms with Gasteiger partial charge < -0.3 is 9.63 Å². The maximum atomic E-state index is 13.4. The van der Waals surface area contributed by atoms with E-state index in [2.05, 4.69) is 0 Å². The van der Waals surface area contributed by atoms with Crippen molar-refractivity contribution in [1.82, 2.24) is 0 Å². The fourth-order valence-electron chi connectivity index (χ4n) is 2.23. The minimum Gasteiger partial charge on any atom is -0.508 e. The van der Waals surface area contributed by atoms with Crippen LogP contribution in [-0.2, 0) is 11.1 Å². The molecule has 0 radical (unpaired) electrons. The Kier molecular flexibility index (Phi) is 5.02. The van der Waals surface area contributed by atoms with Crippen LogP contribution in [-0.4, -0.2) is 5.11 Å². The smallest absolute Gasteiger partial charge is 0.123 e. The highest BCUT2D eigenvalue weighted by molar-refractivity contribution is 7.68. The zero-order chi connectivity index (χ0) is 16.1. The van der Waals surface area contributed by atoms with Crippen LogP contribution in [0.3, 0.4) is 0 Å². The SMILES string of the molecule is Oc1ccc(F)cc1COP(c1ccccc1)c1ccccc1. The van der Waals surface area contributed by atoms with Gasteiger partial charge in [-0.2, -0.15) is 0 Å². The highest BCUT2D eigenvalue weighted by Gasteiger charge is 2.16. The minimum absolute atomic E-state index is 0.0440. The molecule has 0 unspecified atom stereocenters. The van der Waals surface area contributed by atoms with Gasteiger partial charge >= 0.3 is 0 Å². The molecule has 4 heteroatoms. The molecule has 0 heterocycles. The summed E-state index contributed by atoms with van der Waals surface area (Å²) < 4.78 is 19.4. The summed E-state index contributed by atoms with van der Waals surface area (Å²) in [6.45, 7) is 0.152. The molecule has 0 bridgehead atoms. The van der Waals surface area contributed by atoms with Gasteiger partial charge in [-0.15, -0.1) is 0 Å². The first-order valence-electron chi connectivity index (χ1n) is 7.24. The molecule has 0 amide bonds. The Labute approximate surface area is 136 Å². The lowest BCUT2D eigenvalue weighted by Gasteiger charge is -2.19. The van der Waals surface area contributed by atoms with Gasteiger partial charge in [-0.05, 0) is 18.2 Å². The largest absolute Gasteiger partial charge is 0.508 e. The predicted molar refractivity (Wildman–Crippen MR) is 91.9 cm³/mol. The molecule has 0 saturated carbocycles. The molecule has 116 valence electrons. The van der Waals surface area contributed by atoms with Crippen molar-refractivity contribution in [3.05, 3.63) is 90.2 Å². The number of phenolic OH excluding ortho intramolecular Hbond substituents is 1. The number of hydrogen-bond donors (Lipinski definition) is 1. The van der Waals surface area contributed by atoms with E-state index >= 15 is 0 Å². The van der Waals surface area contributed by atoms with Gasteiger partial charge in [-0.3, -0.25) is 0 Å². The topological polar surface area (TPSA) is 29.5 Å². The van der Waals surface area contributed by atoms with Crippen molar-refractivity contribution in [2.75, 3.05) is 0 Å². The molecular formula is C19H16FO2P. The van der Waals surface area contributed by atoms with Gasteiger partial charge in [-0.1, -0.05) is 60.7 Å². The standard InChI is InChI=1S/C19H16FO2P/c20-16-11-12-19(21)15(13-16)14-22-23(17-7-3-1-4-8-17)18-9-5-2-6-10-18/h1-13,21H,14H2. The van der Waals surface area contributed by atoms with Crippen molar-refractivity contribution < 1.29 is 14.0 Å². The molecule has 0 aliphatic heterocycles. The van der Waals surface area contributed by atoms with Crippen LogP contribution >= 0.6 is 8.15 Å². The molecule has 0 aromatic heterocycles. The first-order chi connectivity index (χ1) is 11.2. The Morgan fingerprint density at radius 1 is 0.826 bits per heavy atom. The summed E-state index contributed by atoms with van der Waals surface area (Å²) in [5.74, 6) is -0.340. The normalized spacial score (nSPS) is 10.9. The van der Waals surface area contributed by atoms with E-state index in [1.54, 1.807) is 0 Å². The Morgan fingerprint density at radius 3 is 1.96 bits per heavy atom. The molecule has 3 aromatic rings. The van der Waals surface area contributed by atoms with Crippen molar-refractivity contribution in [3.63, 3.8) is 0 Å². The van der Waals surface area contributed by atoms with Gasteiger partial charge in [0.25, 0.3) is 0 Å². The fraction of sp³-hybridized carbons (Fsp3) is 0.0526. The van der Waals surface area contributed by atoms with Crippen molar-refractivity contribution >= 4 is 18.8 Å². The van der Waals surface area contributed by atoms with Gasteiger partial charge in [0.1, 0.15) is 11.6 Å². The third-order valence-corrected chi connectivity index (χ3v) is 5.29. The summed E-state index contributed by atoms with van der Waals surface area (Å²) in [5.41, 5.74) is 0.448. The van der Waals surface area contributed by atoms with E-state index < -0.39 is 8.15 Å². The monoisotopic (exact) mass is 326 g/mol. The molecular weight excluding hydrogens is 310 g/mol. The molecule has 3 rings (SSSR count). The van der Waals surface area contributed by atoms with Gasteiger partial charge in [0, 0.05) is 16.2 Å². The lowest BCUT2D eigenvalue weighted by Crippen LogP contribution is -2.13. The summed E-state index contributed by atoms with van der Waals surface area (Å²) in [7, 11) is -1.03. The number of aromatic hydroxyl groups is 1. The van der Waals surface area contributed by atoms with Crippen LogP contribution in [0.15, 0.2) is 78.9 Å². The summed E-state index contributed by atoms with van der Waals surface area (Å²) in [4.78, 5) is 0. The van der Waals surface area contributed by atoms with Crippen molar-refractivity contribution in [3.8, 4) is 5.75 Å². The summed E-state index contributed by atoms with van der Waals surface area (Å²) in [6, 6.07) is 23.8. The minimum atomic E-state index is -1.03. The molecule has 1 N–H and O–H groups in total. The summed E-state index contributed by atoms with van der Waals surface area (Å²) >= 11 is 0. The molecule has 0 aliphatic carbocycles. The average Bonchev–Trinajstić information content (AvgIpc) is 2.60. The van der Waals surface area contributed by atoms with Crippen LogP contribution in [0, 0.1) is 5.82 Å². The van der Waals surface area contributed by atoms with E-state index in [9.17, 15) is 9.50 Å². The second-order valence-electron chi connectivity index (χ2n) is 5.01. The van der Waals surface area contributed by atoms with Crippen molar-refractivity contribution in [1.29, 1.82) is 0 Å². The third kappa shape index (κ3) is 3.95. The molecule has 0 aliphatic rings. The lowest BCUT2D eigenvalue weighted by molar-refractivity contribution is 0.338. The number of halogens is 1. The van der Waals surface area contributed by atoms with Gasteiger partial charge in [0.15, 0.2) is 0 Å². The number of benzene rings is 3. The number of phenols is 1. The second kappa shape index (κ2) is 7.36. The second-order valence-corrected chi connectivity index (χ2v) is 6.89. The molecule has 0 fully saturated rings. The third-order valence-electron chi connectivity index (χ3n) is 3.37. The zero-order valence-electron chi connectivity index (χ0n) is 12.4. The van der Waals surface area contributed by atoms with Gasteiger partial charge in [-0.25, -0.2) is 4.39 Å². The predicted octanol–water partition coefficient (Wildman–Crippen LogP) is 4.10. The quantitative estimate of drug-likeness (QED) is 0.716. The van der Waals surface area contributed by atoms with Crippen LogP contribution in [0.2, 0.25) is 0 Å². The zero-order valence-corrected chi connectivity index (χ0v) is 13.3. The van der Waals surface area contributed by atoms with Crippen molar-refractivity contribution in [2.45, 2.75) is 6.61 Å². The Morgan fingerprint density at radius 2 is 1.39 bits per heavy atom. The van der Waals surface area contributed by atoms with E-state index in [-0.39, 0.29) is 18.2 Å². The Bertz CT molecular complexity index is 723. The van der Waals surface area contributed by atoms with Crippen LogP contribution in [0.5, 0.6) is 5.75 Å². The molecule has 3 aromatic carbocycles. The van der Waals surface area contributed by atoms with Gasteiger partial charge in [0.05, 0.1) is 14.8 Å². The van der Waals surface area contributed by atoms with Crippen LogP contribution < -0.4 is 10.6 Å². The highest BCUT2D eigenvalue weighted by atomic mass is 31.1. The molecule has 2 nitrogen and oxygen atoms in total. The first-order valence-corrected chi connectivity index (χ1v) is 8.50. The van der Waals surface area contributed by atoms with E-state index in [1.807, 2.05) is 60.7 Å². The van der Waals surface area contributed by atoms with E-state index in [0.29, 0.717) is 5.56 Å². The first kappa shape index (κ1) is 15.7. The Hall–Kier alpha value is -2.22. The van der Waals surface area contributed by atoms with E-state index in [1.165, 1.54) is 18.2 Å². The molecule has 0 saturated heterocycles. The van der Waals surface area contributed by atoms with Crippen molar-refractivity contribution in [2.24, 2.45) is 0 Å². The lowest BCUT2D eigenvalue weighted by atomic mass is 10.2. The highest BCUT2D eigenvalue weighted by Crippen LogP contribution is 2.36. The van der Waals surface area contributed by atoms with E-state index in [4.69, 9.17) is 4.52 Å². The number of rotatable bonds is 5. The molecule has 23 heavy (non-hydrogen) atoms. The fourth-order valence-corrected chi connectivity index (χ4v) is 3.98. The summed E-state index contributed by atoms with van der Waals surface area (Å²) in [5, 5.41) is 12.0. The molecule has 0 spiro atoms. The van der Waals surface area contributed by atoms with Crippen LogP contribution in [0.4, 0.5) is 4.39 Å². The van der Waals surface area contributed by atoms with Gasteiger partial charge in [0.2, 0.25) is 0 Å². The maximum Gasteiger partial charge on any atom is 0.123 e. The van der Waals surface area contributed by atoms with Crippen LogP contribution in [0.25, 0.3) is 0 Å². The summed E-state index contributed by atoms with van der Waals surface area (Å²) in [6.07, 6.45) is 0. The molecule has 0 atom stereocenters. The Balaban J connectivity index is 1.86. The average molecular weight is 326 g/mol.